The van der Waals surface area contributed by atoms with E-state index in [2.05, 4.69) is 20.2 Å². The summed E-state index contributed by atoms with van der Waals surface area (Å²) >= 11 is 1.69. The summed E-state index contributed by atoms with van der Waals surface area (Å²) in [4.78, 5) is 28.8. The van der Waals surface area contributed by atoms with E-state index >= 15 is 0 Å². The lowest BCUT2D eigenvalue weighted by Gasteiger charge is -2.24. The maximum absolute atomic E-state index is 13.5. The number of nitrogens with zero attached hydrogens (tertiary/aromatic N) is 2. The molecular weight excluding hydrogens is 331 g/mol. The molecule has 2 aromatic rings. The van der Waals surface area contributed by atoms with Gasteiger partial charge >= 0.3 is 0 Å². The third-order valence-electron chi connectivity index (χ3n) is 4.17. The second-order valence-corrected chi connectivity index (χ2v) is 6.87. The Labute approximate surface area is 141 Å². The number of aryl methyl sites for hydroxylation is 1. The molecule has 1 aromatic heterocycles. The standard InChI is InChI=1S/C16H15FN4O2S/c17-9-1-2-13-11(5-9)12(6-14(22)20-13)15(23)18-7-10-8-21-3-4-24-16(21)19-10/h1-2,5,8,12H,3-4,6-7H2,(H,18,23)(H,20,22)/t12-/m0/s1. The molecule has 2 aliphatic rings. The van der Waals surface area contributed by atoms with Crippen LogP contribution < -0.4 is 10.6 Å². The van der Waals surface area contributed by atoms with Crippen LogP contribution in [0.25, 0.3) is 0 Å². The maximum Gasteiger partial charge on any atom is 0.228 e. The molecule has 0 spiro atoms. The van der Waals surface area contributed by atoms with Crippen LogP contribution in [-0.2, 0) is 22.7 Å². The van der Waals surface area contributed by atoms with Crippen molar-refractivity contribution in [3.8, 4) is 0 Å². The zero-order chi connectivity index (χ0) is 16.7. The number of thioether (sulfide) groups is 1. The van der Waals surface area contributed by atoms with Gasteiger partial charge in [-0.2, -0.15) is 0 Å². The Balaban J connectivity index is 1.49. The molecule has 124 valence electrons. The predicted octanol–water partition coefficient (Wildman–Crippen LogP) is 1.87. The summed E-state index contributed by atoms with van der Waals surface area (Å²) in [6, 6.07) is 4.06. The normalized spacial score (nSPS) is 18.7. The topological polar surface area (TPSA) is 76.0 Å². The van der Waals surface area contributed by atoms with Gasteiger partial charge in [-0.15, -0.1) is 0 Å². The van der Waals surface area contributed by atoms with Crippen LogP contribution in [-0.4, -0.2) is 27.1 Å². The fourth-order valence-corrected chi connectivity index (χ4v) is 3.98. The smallest absolute Gasteiger partial charge is 0.228 e. The number of amides is 2. The van der Waals surface area contributed by atoms with Crippen LogP contribution in [0.15, 0.2) is 29.6 Å². The molecule has 2 amide bonds. The fraction of sp³-hybridized carbons (Fsp3) is 0.312. The molecule has 2 N–H and O–H groups in total. The van der Waals surface area contributed by atoms with Gasteiger partial charge in [-0.3, -0.25) is 9.59 Å². The van der Waals surface area contributed by atoms with E-state index in [0.29, 0.717) is 17.8 Å². The molecular formula is C16H15FN4O2S. The Bertz CT molecular complexity index is 814. The average Bonchev–Trinajstić information content (AvgIpc) is 3.13. The van der Waals surface area contributed by atoms with Gasteiger partial charge in [-0.05, 0) is 23.8 Å². The zero-order valence-corrected chi connectivity index (χ0v) is 13.5. The number of imidazole rings is 1. The summed E-state index contributed by atoms with van der Waals surface area (Å²) in [5, 5.41) is 6.44. The van der Waals surface area contributed by atoms with Gasteiger partial charge in [0.1, 0.15) is 5.82 Å². The van der Waals surface area contributed by atoms with Crippen LogP contribution in [0, 0.1) is 5.82 Å². The summed E-state index contributed by atoms with van der Waals surface area (Å²) in [6.45, 7) is 1.22. The number of rotatable bonds is 3. The summed E-state index contributed by atoms with van der Waals surface area (Å²) in [7, 11) is 0. The van der Waals surface area contributed by atoms with Crippen molar-refractivity contribution in [3.05, 3.63) is 41.5 Å². The number of hydrogen-bond acceptors (Lipinski definition) is 4. The molecule has 6 nitrogen and oxygen atoms in total. The largest absolute Gasteiger partial charge is 0.350 e. The summed E-state index contributed by atoms with van der Waals surface area (Å²) in [5.41, 5.74) is 1.78. The lowest BCUT2D eigenvalue weighted by Crippen LogP contribution is -2.34. The molecule has 1 aromatic carbocycles. The molecule has 0 aliphatic carbocycles. The van der Waals surface area contributed by atoms with Crippen molar-refractivity contribution < 1.29 is 14.0 Å². The van der Waals surface area contributed by atoms with Gasteiger partial charge in [0.2, 0.25) is 11.8 Å². The summed E-state index contributed by atoms with van der Waals surface area (Å²) < 4.78 is 15.6. The number of nitrogens with one attached hydrogen (secondary N) is 2. The van der Waals surface area contributed by atoms with Crippen molar-refractivity contribution in [3.63, 3.8) is 0 Å². The van der Waals surface area contributed by atoms with Gasteiger partial charge in [-0.25, -0.2) is 9.37 Å². The minimum atomic E-state index is -0.687. The Hall–Kier alpha value is -2.35. The first-order valence-electron chi connectivity index (χ1n) is 7.66. The molecule has 0 saturated carbocycles. The van der Waals surface area contributed by atoms with Crippen LogP contribution in [0.2, 0.25) is 0 Å². The van der Waals surface area contributed by atoms with Gasteiger partial charge in [0.15, 0.2) is 5.16 Å². The molecule has 0 saturated heterocycles. The number of hydrogen-bond donors (Lipinski definition) is 2. The van der Waals surface area contributed by atoms with Crippen molar-refractivity contribution >= 4 is 29.3 Å². The fourth-order valence-electron chi connectivity index (χ4n) is 3.01. The number of carbonyl (C=O) groups excluding carboxylic acids is 2. The number of fused-ring (bicyclic) bond motifs is 2. The Morgan fingerprint density at radius 1 is 1.50 bits per heavy atom. The van der Waals surface area contributed by atoms with Crippen molar-refractivity contribution in [2.75, 3.05) is 11.1 Å². The third-order valence-corrected chi connectivity index (χ3v) is 5.14. The van der Waals surface area contributed by atoms with E-state index in [1.54, 1.807) is 11.8 Å². The highest BCUT2D eigenvalue weighted by Crippen LogP contribution is 2.33. The second-order valence-electron chi connectivity index (χ2n) is 5.81. The van der Waals surface area contributed by atoms with E-state index < -0.39 is 11.7 Å². The third kappa shape index (κ3) is 2.77. The zero-order valence-electron chi connectivity index (χ0n) is 12.7. The van der Waals surface area contributed by atoms with Crippen LogP contribution in [0.4, 0.5) is 10.1 Å². The van der Waals surface area contributed by atoms with Gasteiger partial charge in [0.05, 0.1) is 18.2 Å². The summed E-state index contributed by atoms with van der Waals surface area (Å²) in [6.07, 6.45) is 1.94. The molecule has 3 heterocycles. The van der Waals surface area contributed by atoms with Crippen molar-refractivity contribution in [1.29, 1.82) is 0 Å². The lowest BCUT2D eigenvalue weighted by atomic mass is 9.89. The van der Waals surface area contributed by atoms with E-state index in [1.165, 1.54) is 18.2 Å². The van der Waals surface area contributed by atoms with Gasteiger partial charge in [0, 0.05) is 30.6 Å². The second kappa shape index (κ2) is 5.94. The number of carbonyl (C=O) groups is 2. The summed E-state index contributed by atoms with van der Waals surface area (Å²) in [5.74, 6) is -0.628. The van der Waals surface area contributed by atoms with E-state index in [4.69, 9.17) is 0 Å². The van der Waals surface area contributed by atoms with Crippen LogP contribution in [0.3, 0.4) is 0 Å². The lowest BCUT2D eigenvalue weighted by molar-refractivity contribution is -0.126. The minimum absolute atomic E-state index is 0.0117. The van der Waals surface area contributed by atoms with Gasteiger partial charge < -0.3 is 15.2 Å². The van der Waals surface area contributed by atoms with E-state index in [0.717, 1.165) is 23.1 Å². The van der Waals surface area contributed by atoms with Crippen molar-refractivity contribution in [1.82, 2.24) is 14.9 Å². The first-order chi connectivity index (χ1) is 11.6. The highest BCUT2D eigenvalue weighted by atomic mass is 32.2. The molecule has 0 bridgehead atoms. The maximum atomic E-state index is 13.5. The molecule has 0 fully saturated rings. The number of benzene rings is 1. The molecule has 0 unspecified atom stereocenters. The number of aromatic nitrogens is 2. The average molecular weight is 346 g/mol. The SMILES string of the molecule is O=C1C[C@H](C(=O)NCc2cn3c(n2)SCC3)c2cc(F)ccc2N1. The van der Waals surface area contributed by atoms with Crippen LogP contribution >= 0.6 is 11.8 Å². The molecule has 0 radical (unpaired) electrons. The highest BCUT2D eigenvalue weighted by Gasteiger charge is 2.31. The monoisotopic (exact) mass is 346 g/mol. The number of halogens is 1. The first kappa shape index (κ1) is 15.2. The van der Waals surface area contributed by atoms with Gasteiger partial charge in [-0.1, -0.05) is 11.8 Å². The molecule has 2 aliphatic heterocycles. The van der Waals surface area contributed by atoms with Gasteiger partial charge in [0.25, 0.3) is 0 Å². The molecule has 24 heavy (non-hydrogen) atoms. The van der Waals surface area contributed by atoms with Crippen molar-refractivity contribution in [2.24, 2.45) is 0 Å². The molecule has 8 heteroatoms. The van der Waals surface area contributed by atoms with Crippen LogP contribution in [0.5, 0.6) is 0 Å². The minimum Gasteiger partial charge on any atom is -0.350 e. The Morgan fingerprint density at radius 2 is 2.38 bits per heavy atom. The highest BCUT2D eigenvalue weighted by molar-refractivity contribution is 7.99. The Morgan fingerprint density at radius 3 is 3.21 bits per heavy atom. The van der Waals surface area contributed by atoms with E-state index in [-0.39, 0.29) is 18.2 Å². The predicted molar refractivity (Wildman–Crippen MR) is 87.2 cm³/mol. The molecule has 1 atom stereocenters. The van der Waals surface area contributed by atoms with Crippen LogP contribution in [0.1, 0.15) is 23.6 Å². The quantitative estimate of drug-likeness (QED) is 0.890. The Kier molecular flexibility index (Phi) is 3.76. The number of anilines is 1. The van der Waals surface area contributed by atoms with E-state index in [1.807, 2.05) is 6.20 Å². The first-order valence-corrected chi connectivity index (χ1v) is 8.64. The molecule has 4 rings (SSSR count). The van der Waals surface area contributed by atoms with Crippen molar-refractivity contribution in [2.45, 2.75) is 30.6 Å². The van der Waals surface area contributed by atoms with E-state index in [9.17, 15) is 14.0 Å².